The molecule has 5 nitrogen and oxygen atoms in total. The zero-order valence-corrected chi connectivity index (χ0v) is 18.0. The van der Waals surface area contributed by atoms with Crippen molar-refractivity contribution in [1.82, 2.24) is 15.2 Å². The number of carbonyl (C=O) groups is 1. The van der Waals surface area contributed by atoms with Gasteiger partial charge < -0.3 is 10.1 Å². The highest BCUT2D eigenvalue weighted by Gasteiger charge is 2.41. The van der Waals surface area contributed by atoms with E-state index in [9.17, 15) is 4.79 Å². The molecule has 0 unspecified atom stereocenters. The molecule has 1 amide bonds. The van der Waals surface area contributed by atoms with Crippen LogP contribution in [0.25, 0.3) is 0 Å². The minimum atomic E-state index is -0.239. The number of piperidine rings is 1. The van der Waals surface area contributed by atoms with Gasteiger partial charge in [-0.25, -0.2) is 0 Å². The number of carbonyl (C=O) groups excluding carboxylic acids is 1. The van der Waals surface area contributed by atoms with Gasteiger partial charge in [0.1, 0.15) is 12.4 Å². The number of hydrogen-bond donors (Lipinski definition) is 1. The highest BCUT2D eigenvalue weighted by Crippen LogP contribution is 2.38. The molecule has 0 aliphatic carbocycles. The third-order valence-corrected chi connectivity index (χ3v) is 7.11. The fraction of sp³-hybridized carbons (Fsp3) is 0.565. The zero-order valence-electron chi connectivity index (χ0n) is 17.2. The average Bonchev–Trinajstić information content (AvgIpc) is 3.24. The summed E-state index contributed by atoms with van der Waals surface area (Å²) in [4.78, 5) is 21.2. The molecular formula is C23H31N3O2S. The molecule has 156 valence electrons. The zero-order chi connectivity index (χ0) is 20.1. The second-order valence-electron chi connectivity index (χ2n) is 8.52. The first-order valence-corrected chi connectivity index (χ1v) is 11.6. The third-order valence-electron chi connectivity index (χ3n) is 6.35. The van der Waals surface area contributed by atoms with Crippen LogP contribution in [0.4, 0.5) is 0 Å². The van der Waals surface area contributed by atoms with Gasteiger partial charge in [0.15, 0.2) is 0 Å². The van der Waals surface area contributed by atoms with Crippen LogP contribution < -0.4 is 10.1 Å². The summed E-state index contributed by atoms with van der Waals surface area (Å²) >= 11 is 1.71. The second kappa shape index (κ2) is 9.26. The summed E-state index contributed by atoms with van der Waals surface area (Å²) in [6.07, 6.45) is 7.98. The number of hydrogen-bond acceptors (Lipinski definition) is 5. The summed E-state index contributed by atoms with van der Waals surface area (Å²) in [5.41, 5.74) is 2.93. The van der Waals surface area contributed by atoms with Crippen LogP contribution in [0, 0.1) is 5.41 Å². The third kappa shape index (κ3) is 4.98. The van der Waals surface area contributed by atoms with Crippen molar-refractivity contribution in [3.8, 4) is 5.75 Å². The lowest BCUT2D eigenvalue weighted by Crippen LogP contribution is -2.51. The summed E-state index contributed by atoms with van der Waals surface area (Å²) in [5.74, 6) is 1.18. The molecule has 2 aromatic rings. The Morgan fingerprint density at radius 1 is 1.24 bits per heavy atom. The molecule has 1 saturated heterocycles. The number of nitrogens with zero attached hydrogens (tertiary/aromatic N) is 2. The fourth-order valence-corrected chi connectivity index (χ4v) is 5.17. The number of thiazole rings is 1. The quantitative estimate of drug-likeness (QED) is 0.807. The number of aromatic nitrogens is 1. The lowest BCUT2D eigenvalue weighted by atomic mass is 9.73. The van der Waals surface area contributed by atoms with Crippen LogP contribution in [0.1, 0.15) is 49.5 Å². The van der Waals surface area contributed by atoms with Crippen molar-refractivity contribution in [2.45, 2.75) is 58.0 Å². The van der Waals surface area contributed by atoms with Crippen molar-refractivity contribution >= 4 is 17.2 Å². The molecule has 1 N–H and O–H groups in total. The van der Waals surface area contributed by atoms with Gasteiger partial charge in [-0.3, -0.25) is 14.7 Å². The number of benzene rings is 1. The summed E-state index contributed by atoms with van der Waals surface area (Å²) in [6, 6.07) is 8.30. The van der Waals surface area contributed by atoms with E-state index >= 15 is 0 Å². The van der Waals surface area contributed by atoms with Crippen molar-refractivity contribution < 1.29 is 9.53 Å². The Bertz CT molecular complexity index is 800. The van der Waals surface area contributed by atoms with Gasteiger partial charge in [0.05, 0.1) is 17.0 Å². The van der Waals surface area contributed by atoms with E-state index < -0.39 is 0 Å². The van der Waals surface area contributed by atoms with Crippen LogP contribution in [0.15, 0.2) is 36.0 Å². The van der Waals surface area contributed by atoms with Crippen LogP contribution in [0.3, 0.4) is 0 Å². The molecule has 1 atom stereocenters. The molecule has 1 spiro atoms. The lowest BCUT2D eigenvalue weighted by Gasteiger charge is -2.41. The molecule has 0 bridgehead atoms. The molecule has 1 aromatic carbocycles. The standard InChI is InChI=1S/C23H31N3O2S/c1-18-16-28-21-8-3-2-6-19(21)7-4-5-9-23(22(27)25-18)10-12-26(13-11-23)15-20-14-24-17-29-20/h2-3,6,8,14,17-18H,4-5,7,9-13,15-16H2,1H3,(H,25,27)/t18-/m1/s1. The molecule has 6 heteroatoms. The van der Waals surface area contributed by atoms with E-state index in [4.69, 9.17) is 4.74 Å². The molecule has 3 heterocycles. The number of ether oxygens (including phenoxy) is 1. The number of nitrogens with one attached hydrogen (secondary N) is 1. The maximum Gasteiger partial charge on any atom is 0.226 e. The summed E-state index contributed by atoms with van der Waals surface area (Å²) in [5, 5.41) is 3.26. The maximum absolute atomic E-state index is 13.3. The molecule has 29 heavy (non-hydrogen) atoms. The number of fused-ring (bicyclic) bond motifs is 1. The Morgan fingerprint density at radius 3 is 2.86 bits per heavy atom. The van der Waals surface area contributed by atoms with Crippen LogP contribution >= 0.6 is 11.3 Å². The average molecular weight is 414 g/mol. The number of likely N-dealkylation sites (tertiary alicyclic amines) is 1. The molecule has 1 fully saturated rings. The molecule has 4 rings (SSSR count). The SMILES string of the molecule is C[C@@H]1COc2ccccc2CCCCC2(CCN(Cc3cncs3)CC2)C(=O)N1. The van der Waals surface area contributed by atoms with Crippen molar-refractivity contribution in [1.29, 1.82) is 0 Å². The minimum absolute atomic E-state index is 0.00193. The van der Waals surface area contributed by atoms with Gasteiger partial charge in [-0.2, -0.15) is 0 Å². The normalized spacial score (nSPS) is 23.3. The van der Waals surface area contributed by atoms with Gasteiger partial charge >= 0.3 is 0 Å². The first kappa shape index (κ1) is 20.4. The molecule has 2 aliphatic rings. The summed E-state index contributed by atoms with van der Waals surface area (Å²) < 4.78 is 6.04. The Kier molecular flexibility index (Phi) is 6.50. The van der Waals surface area contributed by atoms with E-state index in [-0.39, 0.29) is 17.4 Å². The van der Waals surface area contributed by atoms with Gasteiger partial charge in [-0.1, -0.05) is 24.6 Å². The predicted molar refractivity (Wildman–Crippen MR) is 116 cm³/mol. The van der Waals surface area contributed by atoms with E-state index in [2.05, 4.69) is 27.3 Å². The Labute approximate surface area is 177 Å². The van der Waals surface area contributed by atoms with Crippen LogP contribution in [0.2, 0.25) is 0 Å². The molecule has 2 aliphatic heterocycles. The van der Waals surface area contributed by atoms with Crippen molar-refractivity contribution in [2.24, 2.45) is 5.41 Å². The van der Waals surface area contributed by atoms with Gasteiger partial charge in [-0.15, -0.1) is 11.3 Å². The lowest BCUT2D eigenvalue weighted by molar-refractivity contribution is -0.135. The number of para-hydroxylation sites is 1. The number of aryl methyl sites for hydroxylation is 1. The first-order chi connectivity index (χ1) is 14.1. The Morgan fingerprint density at radius 2 is 2.07 bits per heavy atom. The molecule has 0 radical (unpaired) electrons. The highest BCUT2D eigenvalue weighted by atomic mass is 32.1. The predicted octanol–water partition coefficient (Wildman–Crippen LogP) is 4.04. The van der Waals surface area contributed by atoms with E-state index in [1.807, 2.05) is 30.8 Å². The fourth-order valence-electron chi connectivity index (χ4n) is 4.53. The number of amides is 1. The van der Waals surface area contributed by atoms with E-state index in [0.717, 1.165) is 63.9 Å². The largest absolute Gasteiger partial charge is 0.491 e. The number of rotatable bonds is 2. The van der Waals surface area contributed by atoms with E-state index in [1.165, 1.54) is 10.4 Å². The van der Waals surface area contributed by atoms with Gasteiger partial charge in [-0.05, 0) is 63.7 Å². The Hall–Kier alpha value is -1.92. The molecular weight excluding hydrogens is 382 g/mol. The van der Waals surface area contributed by atoms with E-state index in [1.54, 1.807) is 11.3 Å². The summed E-state index contributed by atoms with van der Waals surface area (Å²) in [6.45, 7) is 5.44. The Balaban J connectivity index is 1.43. The molecule has 1 aromatic heterocycles. The monoisotopic (exact) mass is 413 g/mol. The topological polar surface area (TPSA) is 54.5 Å². The summed E-state index contributed by atoms with van der Waals surface area (Å²) in [7, 11) is 0. The maximum atomic E-state index is 13.3. The van der Waals surface area contributed by atoms with Gasteiger partial charge in [0, 0.05) is 17.6 Å². The minimum Gasteiger partial charge on any atom is -0.491 e. The van der Waals surface area contributed by atoms with Crippen LogP contribution in [0.5, 0.6) is 5.75 Å². The van der Waals surface area contributed by atoms with Crippen LogP contribution in [-0.2, 0) is 17.8 Å². The van der Waals surface area contributed by atoms with E-state index in [0.29, 0.717) is 6.61 Å². The van der Waals surface area contributed by atoms with Crippen LogP contribution in [-0.4, -0.2) is 41.5 Å². The molecule has 0 saturated carbocycles. The van der Waals surface area contributed by atoms with Crippen molar-refractivity contribution in [3.05, 3.63) is 46.4 Å². The smallest absolute Gasteiger partial charge is 0.226 e. The van der Waals surface area contributed by atoms with Crippen molar-refractivity contribution in [3.63, 3.8) is 0 Å². The van der Waals surface area contributed by atoms with Gasteiger partial charge in [0.2, 0.25) is 5.91 Å². The highest BCUT2D eigenvalue weighted by molar-refractivity contribution is 7.09. The first-order valence-electron chi connectivity index (χ1n) is 10.8. The van der Waals surface area contributed by atoms with Crippen molar-refractivity contribution in [2.75, 3.05) is 19.7 Å². The second-order valence-corrected chi connectivity index (χ2v) is 9.50. The van der Waals surface area contributed by atoms with Gasteiger partial charge in [0.25, 0.3) is 0 Å².